The fraction of sp³-hybridized carbons (Fsp3) is 0.250. The zero-order valence-corrected chi connectivity index (χ0v) is 12.2. The van der Waals surface area contributed by atoms with Crippen LogP contribution in [0, 0.1) is 0 Å². The van der Waals surface area contributed by atoms with Gasteiger partial charge in [-0.3, -0.25) is 0 Å². The Hall–Kier alpha value is -1.68. The van der Waals surface area contributed by atoms with Crippen molar-refractivity contribution in [2.24, 2.45) is 0 Å². The third-order valence-corrected chi connectivity index (χ3v) is 3.39. The molecule has 0 fully saturated rings. The Morgan fingerprint density at radius 2 is 1.67 bits per heavy atom. The third-order valence-electron chi connectivity index (χ3n) is 3.15. The number of rotatable bonds is 4. The van der Waals surface area contributed by atoms with Crippen LogP contribution in [-0.2, 0) is 12.7 Å². The standard InChI is InChI=1S/C16H15ClF3N/c1-11(17)14-4-2-3-5-15(14)21-10-12-6-8-13(9-7-12)16(18,19)20/h2-9,11,21H,10H2,1H3. The number of hydrogen-bond donors (Lipinski definition) is 1. The highest BCUT2D eigenvalue weighted by Crippen LogP contribution is 2.30. The SMILES string of the molecule is CC(Cl)c1ccccc1NCc1ccc(C(F)(F)F)cc1. The third kappa shape index (κ3) is 4.14. The molecule has 0 bridgehead atoms. The van der Waals surface area contributed by atoms with Gasteiger partial charge in [0.15, 0.2) is 0 Å². The normalized spacial score (nSPS) is 13.0. The Labute approximate surface area is 126 Å². The maximum atomic E-state index is 12.5. The second-order valence-electron chi connectivity index (χ2n) is 4.75. The van der Waals surface area contributed by atoms with Crippen molar-refractivity contribution in [1.82, 2.24) is 0 Å². The predicted octanol–water partition coefficient (Wildman–Crippen LogP) is 5.62. The van der Waals surface area contributed by atoms with Gasteiger partial charge in [-0.15, -0.1) is 11.6 Å². The van der Waals surface area contributed by atoms with Crippen molar-refractivity contribution >= 4 is 17.3 Å². The Kier molecular flexibility index (Phi) is 4.78. The summed E-state index contributed by atoms with van der Waals surface area (Å²) in [6, 6.07) is 12.7. The number of halogens is 4. The van der Waals surface area contributed by atoms with Gasteiger partial charge in [0.25, 0.3) is 0 Å². The van der Waals surface area contributed by atoms with Gasteiger partial charge in [-0.2, -0.15) is 13.2 Å². The van der Waals surface area contributed by atoms with E-state index in [0.29, 0.717) is 6.54 Å². The van der Waals surface area contributed by atoms with E-state index in [4.69, 9.17) is 11.6 Å². The van der Waals surface area contributed by atoms with Crippen LogP contribution in [-0.4, -0.2) is 0 Å². The summed E-state index contributed by atoms with van der Waals surface area (Å²) in [6.07, 6.45) is -4.30. The first-order chi connectivity index (χ1) is 9.88. The van der Waals surface area contributed by atoms with Crippen LogP contribution in [0.2, 0.25) is 0 Å². The van der Waals surface area contributed by atoms with Gasteiger partial charge in [0.1, 0.15) is 0 Å². The Bertz CT molecular complexity index is 591. The molecule has 0 aliphatic heterocycles. The van der Waals surface area contributed by atoms with E-state index in [9.17, 15) is 13.2 Å². The van der Waals surface area contributed by atoms with E-state index in [2.05, 4.69) is 5.32 Å². The van der Waals surface area contributed by atoms with Gasteiger partial charge in [-0.1, -0.05) is 30.3 Å². The molecule has 0 aliphatic rings. The summed E-state index contributed by atoms with van der Waals surface area (Å²) in [7, 11) is 0. The van der Waals surface area contributed by atoms with Gasteiger partial charge in [-0.25, -0.2) is 0 Å². The number of anilines is 1. The van der Waals surface area contributed by atoms with Gasteiger partial charge >= 0.3 is 6.18 Å². The largest absolute Gasteiger partial charge is 0.416 e. The summed E-state index contributed by atoms with van der Waals surface area (Å²) in [5.74, 6) is 0. The first-order valence-corrected chi connectivity index (χ1v) is 6.94. The summed E-state index contributed by atoms with van der Waals surface area (Å²) >= 11 is 6.10. The maximum absolute atomic E-state index is 12.5. The summed E-state index contributed by atoms with van der Waals surface area (Å²) in [5.41, 5.74) is 1.99. The molecule has 1 atom stereocenters. The smallest absolute Gasteiger partial charge is 0.381 e. The molecule has 0 saturated carbocycles. The molecule has 0 heterocycles. The fourth-order valence-electron chi connectivity index (χ4n) is 2.01. The quantitative estimate of drug-likeness (QED) is 0.723. The molecule has 2 rings (SSSR count). The Morgan fingerprint density at radius 3 is 2.24 bits per heavy atom. The van der Waals surface area contributed by atoms with E-state index < -0.39 is 11.7 Å². The highest BCUT2D eigenvalue weighted by Gasteiger charge is 2.29. The van der Waals surface area contributed by atoms with Crippen molar-refractivity contribution in [3.05, 3.63) is 65.2 Å². The molecule has 0 aliphatic carbocycles. The van der Waals surface area contributed by atoms with E-state index in [1.807, 2.05) is 31.2 Å². The van der Waals surface area contributed by atoms with Gasteiger partial charge in [0.2, 0.25) is 0 Å². The van der Waals surface area contributed by atoms with Crippen LogP contribution in [0.4, 0.5) is 18.9 Å². The van der Waals surface area contributed by atoms with Crippen LogP contribution in [0.5, 0.6) is 0 Å². The van der Waals surface area contributed by atoms with Gasteiger partial charge in [-0.05, 0) is 36.2 Å². The topological polar surface area (TPSA) is 12.0 Å². The van der Waals surface area contributed by atoms with Crippen LogP contribution >= 0.6 is 11.6 Å². The van der Waals surface area contributed by atoms with Crippen LogP contribution in [0.3, 0.4) is 0 Å². The van der Waals surface area contributed by atoms with Gasteiger partial charge in [0.05, 0.1) is 10.9 Å². The summed E-state index contributed by atoms with van der Waals surface area (Å²) in [4.78, 5) is 0. The molecule has 2 aromatic carbocycles. The van der Waals surface area contributed by atoms with E-state index in [1.165, 1.54) is 12.1 Å². The summed E-state index contributed by atoms with van der Waals surface area (Å²) in [5, 5.41) is 3.07. The molecular formula is C16H15ClF3N. The molecule has 0 radical (unpaired) electrons. The fourth-order valence-corrected chi connectivity index (χ4v) is 2.20. The second-order valence-corrected chi connectivity index (χ2v) is 5.41. The van der Waals surface area contributed by atoms with Crippen molar-refractivity contribution in [2.45, 2.75) is 25.0 Å². The summed E-state index contributed by atoms with van der Waals surface area (Å²) in [6.45, 7) is 2.32. The first-order valence-electron chi connectivity index (χ1n) is 6.51. The van der Waals surface area contributed by atoms with Gasteiger partial charge in [0, 0.05) is 12.2 Å². The Balaban J connectivity index is 2.07. The molecular weight excluding hydrogens is 299 g/mol. The lowest BCUT2D eigenvalue weighted by molar-refractivity contribution is -0.137. The highest BCUT2D eigenvalue weighted by molar-refractivity contribution is 6.21. The molecule has 0 aromatic heterocycles. The minimum Gasteiger partial charge on any atom is -0.381 e. The average molecular weight is 314 g/mol. The maximum Gasteiger partial charge on any atom is 0.416 e. The number of para-hydroxylation sites is 1. The lowest BCUT2D eigenvalue weighted by Gasteiger charge is -2.14. The molecule has 1 unspecified atom stereocenters. The number of alkyl halides is 4. The van der Waals surface area contributed by atoms with E-state index in [0.717, 1.165) is 28.9 Å². The second kappa shape index (κ2) is 6.39. The minimum absolute atomic E-state index is 0.138. The van der Waals surface area contributed by atoms with Crippen LogP contribution < -0.4 is 5.32 Å². The zero-order valence-electron chi connectivity index (χ0n) is 11.4. The predicted molar refractivity (Wildman–Crippen MR) is 79.5 cm³/mol. The molecule has 112 valence electrons. The van der Waals surface area contributed by atoms with Crippen molar-refractivity contribution in [3.8, 4) is 0 Å². The molecule has 2 aromatic rings. The average Bonchev–Trinajstić information content (AvgIpc) is 2.45. The van der Waals surface area contributed by atoms with Crippen molar-refractivity contribution < 1.29 is 13.2 Å². The van der Waals surface area contributed by atoms with Crippen LogP contribution in [0.15, 0.2) is 48.5 Å². The van der Waals surface area contributed by atoms with Crippen molar-refractivity contribution in [2.75, 3.05) is 5.32 Å². The number of hydrogen-bond acceptors (Lipinski definition) is 1. The lowest BCUT2D eigenvalue weighted by atomic mass is 10.1. The number of benzene rings is 2. The number of nitrogens with one attached hydrogen (secondary N) is 1. The van der Waals surface area contributed by atoms with Crippen LogP contribution in [0.1, 0.15) is 29.0 Å². The molecule has 1 N–H and O–H groups in total. The lowest BCUT2D eigenvalue weighted by Crippen LogP contribution is -2.06. The van der Waals surface area contributed by atoms with Crippen molar-refractivity contribution in [1.29, 1.82) is 0 Å². The highest BCUT2D eigenvalue weighted by atomic mass is 35.5. The Morgan fingerprint density at radius 1 is 1.05 bits per heavy atom. The molecule has 0 saturated heterocycles. The minimum atomic E-state index is -4.30. The molecule has 0 amide bonds. The van der Waals surface area contributed by atoms with E-state index in [1.54, 1.807) is 0 Å². The zero-order chi connectivity index (χ0) is 15.5. The molecule has 0 spiro atoms. The monoisotopic (exact) mass is 313 g/mol. The van der Waals surface area contributed by atoms with Crippen LogP contribution in [0.25, 0.3) is 0 Å². The van der Waals surface area contributed by atoms with Gasteiger partial charge < -0.3 is 5.32 Å². The van der Waals surface area contributed by atoms with E-state index >= 15 is 0 Å². The molecule has 21 heavy (non-hydrogen) atoms. The van der Waals surface area contributed by atoms with E-state index in [-0.39, 0.29) is 5.38 Å². The first kappa shape index (κ1) is 15.7. The van der Waals surface area contributed by atoms with Crippen molar-refractivity contribution in [3.63, 3.8) is 0 Å². The molecule has 5 heteroatoms. The molecule has 1 nitrogen and oxygen atoms in total. The summed E-state index contributed by atoms with van der Waals surface area (Å²) < 4.78 is 37.4.